The minimum absolute atomic E-state index is 0.0133. The fourth-order valence-corrected chi connectivity index (χ4v) is 3.18. The van der Waals surface area contributed by atoms with Crippen molar-refractivity contribution in [2.24, 2.45) is 0 Å². The number of ether oxygens (including phenoxy) is 2. The minimum Gasteiger partial charge on any atom is -0.497 e. The van der Waals surface area contributed by atoms with E-state index in [0.717, 1.165) is 11.4 Å². The van der Waals surface area contributed by atoms with Crippen LogP contribution < -0.4 is 19.7 Å². The third-order valence-electron chi connectivity index (χ3n) is 4.79. The lowest BCUT2D eigenvalue weighted by Gasteiger charge is -2.17. The first-order valence-corrected chi connectivity index (χ1v) is 9.43. The molecule has 1 fully saturated rings. The van der Waals surface area contributed by atoms with Crippen LogP contribution in [0.2, 0.25) is 0 Å². The lowest BCUT2D eigenvalue weighted by molar-refractivity contribution is -0.123. The van der Waals surface area contributed by atoms with Gasteiger partial charge in [0, 0.05) is 18.7 Å². The number of carbonyl (C=O) groups excluding carboxylic acids is 2. The third kappa shape index (κ3) is 4.82. The maximum atomic E-state index is 12.3. The molecular formula is C22H26N2O4. The van der Waals surface area contributed by atoms with Gasteiger partial charge in [-0.05, 0) is 47.9 Å². The van der Waals surface area contributed by atoms with Crippen LogP contribution in [0.4, 0.5) is 5.69 Å². The molecule has 2 aromatic carbocycles. The summed E-state index contributed by atoms with van der Waals surface area (Å²) in [5, 5.41) is 2.88. The molecule has 0 radical (unpaired) electrons. The molecule has 1 N–H and O–H groups in total. The molecule has 1 aliphatic heterocycles. The van der Waals surface area contributed by atoms with E-state index in [4.69, 9.17) is 9.47 Å². The third-order valence-corrected chi connectivity index (χ3v) is 4.79. The van der Waals surface area contributed by atoms with Crippen molar-refractivity contribution in [1.82, 2.24) is 5.32 Å². The van der Waals surface area contributed by atoms with Crippen LogP contribution in [0, 0.1) is 0 Å². The van der Waals surface area contributed by atoms with Crippen molar-refractivity contribution in [1.29, 1.82) is 0 Å². The molecule has 1 unspecified atom stereocenters. The predicted octanol–water partition coefficient (Wildman–Crippen LogP) is 3.12. The molecule has 0 saturated carbocycles. The summed E-state index contributed by atoms with van der Waals surface area (Å²) < 4.78 is 10.7. The van der Waals surface area contributed by atoms with Crippen molar-refractivity contribution in [2.45, 2.75) is 32.2 Å². The van der Waals surface area contributed by atoms with Crippen LogP contribution in [0.1, 0.15) is 31.7 Å². The van der Waals surface area contributed by atoms with E-state index >= 15 is 0 Å². The smallest absolute Gasteiger partial charge is 0.258 e. The lowest BCUT2D eigenvalue weighted by Crippen LogP contribution is -2.39. The highest BCUT2D eigenvalue weighted by molar-refractivity contribution is 5.97. The van der Waals surface area contributed by atoms with Gasteiger partial charge < -0.3 is 19.7 Å². The van der Waals surface area contributed by atoms with Gasteiger partial charge in [-0.3, -0.25) is 9.59 Å². The van der Waals surface area contributed by atoms with Crippen molar-refractivity contribution in [2.75, 3.05) is 25.2 Å². The molecular weight excluding hydrogens is 356 g/mol. The van der Waals surface area contributed by atoms with Gasteiger partial charge in [-0.2, -0.15) is 0 Å². The van der Waals surface area contributed by atoms with Gasteiger partial charge in [0.2, 0.25) is 5.91 Å². The summed E-state index contributed by atoms with van der Waals surface area (Å²) >= 11 is 0. The van der Waals surface area contributed by atoms with Crippen LogP contribution in [-0.4, -0.2) is 38.1 Å². The molecule has 0 aliphatic carbocycles. The SMILES string of the molecule is COc1ccc(N2CC(NC(=O)COc3ccc(C(C)C)cc3)CC2=O)cc1. The summed E-state index contributed by atoms with van der Waals surface area (Å²) in [4.78, 5) is 26.2. The monoisotopic (exact) mass is 382 g/mol. The Bertz CT molecular complexity index is 815. The number of hydrogen-bond donors (Lipinski definition) is 1. The molecule has 0 bridgehead atoms. The number of rotatable bonds is 7. The molecule has 1 saturated heterocycles. The first-order valence-electron chi connectivity index (χ1n) is 9.43. The largest absolute Gasteiger partial charge is 0.497 e. The fourth-order valence-electron chi connectivity index (χ4n) is 3.18. The van der Waals surface area contributed by atoms with E-state index in [2.05, 4.69) is 19.2 Å². The number of amides is 2. The Balaban J connectivity index is 1.49. The predicted molar refractivity (Wildman–Crippen MR) is 108 cm³/mol. The Kier molecular flexibility index (Phi) is 6.19. The van der Waals surface area contributed by atoms with Gasteiger partial charge >= 0.3 is 0 Å². The highest BCUT2D eigenvalue weighted by atomic mass is 16.5. The van der Waals surface area contributed by atoms with Gasteiger partial charge in [-0.15, -0.1) is 0 Å². The molecule has 6 nitrogen and oxygen atoms in total. The maximum Gasteiger partial charge on any atom is 0.258 e. The molecule has 0 aromatic heterocycles. The second-order valence-electron chi connectivity index (χ2n) is 7.18. The van der Waals surface area contributed by atoms with Crippen molar-refractivity contribution in [3.63, 3.8) is 0 Å². The molecule has 3 rings (SSSR count). The highest BCUT2D eigenvalue weighted by Gasteiger charge is 2.31. The first-order chi connectivity index (χ1) is 13.5. The Morgan fingerprint density at radius 3 is 2.36 bits per heavy atom. The number of hydrogen-bond acceptors (Lipinski definition) is 4. The molecule has 2 amide bonds. The zero-order valence-corrected chi connectivity index (χ0v) is 16.5. The Morgan fingerprint density at radius 1 is 1.11 bits per heavy atom. The second kappa shape index (κ2) is 8.78. The Hall–Kier alpha value is -3.02. The topological polar surface area (TPSA) is 67.9 Å². The van der Waals surface area contributed by atoms with Gasteiger partial charge in [-0.1, -0.05) is 26.0 Å². The average Bonchev–Trinajstić information content (AvgIpc) is 3.06. The van der Waals surface area contributed by atoms with Crippen LogP contribution in [-0.2, 0) is 9.59 Å². The second-order valence-corrected chi connectivity index (χ2v) is 7.18. The summed E-state index contributed by atoms with van der Waals surface area (Å²) in [6, 6.07) is 14.8. The number of carbonyl (C=O) groups is 2. The van der Waals surface area contributed by atoms with Crippen molar-refractivity contribution in [3.8, 4) is 11.5 Å². The van der Waals surface area contributed by atoms with Crippen LogP contribution in [0.25, 0.3) is 0 Å². The lowest BCUT2D eigenvalue weighted by atomic mass is 10.0. The number of nitrogens with one attached hydrogen (secondary N) is 1. The van der Waals surface area contributed by atoms with E-state index in [1.54, 1.807) is 12.0 Å². The molecule has 1 atom stereocenters. The van der Waals surface area contributed by atoms with Gasteiger partial charge in [0.25, 0.3) is 5.91 Å². The van der Waals surface area contributed by atoms with Crippen molar-refractivity contribution in [3.05, 3.63) is 54.1 Å². The normalized spacial score (nSPS) is 16.4. The number of anilines is 1. The van der Waals surface area contributed by atoms with Crippen molar-refractivity contribution < 1.29 is 19.1 Å². The van der Waals surface area contributed by atoms with E-state index < -0.39 is 0 Å². The van der Waals surface area contributed by atoms with E-state index in [0.29, 0.717) is 18.2 Å². The Labute approximate surface area is 165 Å². The van der Waals surface area contributed by atoms with Gasteiger partial charge in [0.15, 0.2) is 6.61 Å². The molecule has 1 aliphatic rings. The fraction of sp³-hybridized carbons (Fsp3) is 0.364. The summed E-state index contributed by atoms with van der Waals surface area (Å²) in [6.07, 6.45) is 0.279. The van der Waals surface area contributed by atoms with Crippen LogP contribution in [0.3, 0.4) is 0 Å². The maximum absolute atomic E-state index is 12.3. The first kappa shape index (κ1) is 19.7. The molecule has 6 heteroatoms. The molecule has 0 spiro atoms. The summed E-state index contributed by atoms with van der Waals surface area (Å²) in [5.74, 6) is 1.59. The van der Waals surface area contributed by atoms with Crippen LogP contribution in [0.15, 0.2) is 48.5 Å². The number of benzene rings is 2. The zero-order chi connectivity index (χ0) is 20.1. The van der Waals surface area contributed by atoms with Gasteiger partial charge in [-0.25, -0.2) is 0 Å². The highest BCUT2D eigenvalue weighted by Crippen LogP contribution is 2.24. The summed E-state index contributed by atoms with van der Waals surface area (Å²) in [5.41, 5.74) is 2.02. The summed E-state index contributed by atoms with van der Waals surface area (Å²) in [6.45, 7) is 4.62. The Morgan fingerprint density at radius 2 is 1.75 bits per heavy atom. The van der Waals surface area contributed by atoms with Crippen LogP contribution >= 0.6 is 0 Å². The van der Waals surface area contributed by atoms with Gasteiger partial charge in [0.1, 0.15) is 11.5 Å². The minimum atomic E-state index is -0.234. The summed E-state index contributed by atoms with van der Waals surface area (Å²) in [7, 11) is 1.60. The van der Waals surface area contributed by atoms with Crippen LogP contribution in [0.5, 0.6) is 11.5 Å². The van der Waals surface area contributed by atoms with E-state index in [1.165, 1.54) is 5.56 Å². The quantitative estimate of drug-likeness (QED) is 0.799. The van der Waals surface area contributed by atoms with E-state index in [9.17, 15) is 9.59 Å². The van der Waals surface area contributed by atoms with Crippen molar-refractivity contribution >= 4 is 17.5 Å². The zero-order valence-electron chi connectivity index (χ0n) is 16.5. The van der Waals surface area contributed by atoms with E-state index in [1.807, 2.05) is 48.5 Å². The van der Waals surface area contributed by atoms with Gasteiger partial charge in [0.05, 0.1) is 13.2 Å². The molecule has 2 aromatic rings. The molecule has 28 heavy (non-hydrogen) atoms. The molecule has 1 heterocycles. The number of methoxy groups -OCH3 is 1. The number of nitrogens with zero attached hydrogens (tertiary/aromatic N) is 1. The standard InChI is InChI=1S/C22H26N2O4/c1-15(2)16-4-8-20(9-5-16)28-14-21(25)23-17-12-22(26)24(13-17)18-6-10-19(27-3)11-7-18/h4-11,15,17H,12-14H2,1-3H3,(H,23,25). The molecule has 148 valence electrons. The van der Waals surface area contributed by atoms with E-state index in [-0.39, 0.29) is 30.9 Å². The average molecular weight is 382 g/mol.